The number of cyclic esters (lactones) is 1. The number of ether oxygens (including phenoxy) is 2. The smallest absolute Gasteiger partial charge is 0.413 e. The first-order valence-electron chi connectivity index (χ1n) is 7.90. The first kappa shape index (κ1) is 18.9. The van der Waals surface area contributed by atoms with Crippen LogP contribution in [0.3, 0.4) is 0 Å². The van der Waals surface area contributed by atoms with Gasteiger partial charge in [-0.3, -0.25) is 20.2 Å². The Balaban J connectivity index is 2.72. The average Bonchev–Trinajstić information content (AvgIpc) is 2.51. The predicted octanol–water partition coefficient (Wildman–Crippen LogP) is 1.49. The summed E-state index contributed by atoms with van der Waals surface area (Å²) < 4.78 is 9.69. The summed E-state index contributed by atoms with van der Waals surface area (Å²) in [5.74, 6) is -0.885. The molecule has 0 fully saturated rings. The lowest BCUT2D eigenvalue weighted by Crippen LogP contribution is -2.44. The summed E-state index contributed by atoms with van der Waals surface area (Å²) in [6, 6.07) is 0. The molecule has 1 rings (SSSR count). The zero-order chi connectivity index (χ0) is 17.1. The molecule has 1 unspecified atom stereocenters. The molecule has 0 spiro atoms. The lowest BCUT2D eigenvalue weighted by Gasteiger charge is -2.12. The van der Waals surface area contributed by atoms with E-state index < -0.39 is 12.1 Å². The molecular weight excluding hydrogens is 302 g/mol. The van der Waals surface area contributed by atoms with Crippen LogP contribution in [0.15, 0.2) is 4.99 Å². The van der Waals surface area contributed by atoms with Crippen LogP contribution in [0.25, 0.3) is 0 Å². The molecule has 130 valence electrons. The van der Waals surface area contributed by atoms with Crippen molar-refractivity contribution in [2.45, 2.75) is 58.0 Å². The van der Waals surface area contributed by atoms with Crippen molar-refractivity contribution < 1.29 is 23.9 Å². The van der Waals surface area contributed by atoms with Gasteiger partial charge in [-0.05, 0) is 26.2 Å². The fraction of sp³-hybridized carbons (Fsp3) is 0.733. The molecule has 2 amide bonds. The van der Waals surface area contributed by atoms with E-state index in [1.165, 1.54) is 7.11 Å². The van der Waals surface area contributed by atoms with Crippen LogP contribution < -0.4 is 10.6 Å². The van der Waals surface area contributed by atoms with Gasteiger partial charge in [-0.1, -0.05) is 19.3 Å². The molecule has 0 saturated carbocycles. The average molecular weight is 327 g/mol. The summed E-state index contributed by atoms with van der Waals surface area (Å²) in [7, 11) is 1.19. The van der Waals surface area contributed by atoms with Crippen LogP contribution in [0.5, 0.6) is 0 Å². The molecule has 0 aromatic heterocycles. The fourth-order valence-corrected chi connectivity index (χ4v) is 2.16. The van der Waals surface area contributed by atoms with Crippen LogP contribution in [-0.4, -0.2) is 43.7 Å². The zero-order valence-corrected chi connectivity index (χ0v) is 13.7. The zero-order valence-electron chi connectivity index (χ0n) is 13.7. The Bertz CT molecular complexity index is 450. The minimum atomic E-state index is -0.774. The topological polar surface area (TPSA) is 106 Å². The Morgan fingerprint density at radius 3 is 2.70 bits per heavy atom. The van der Waals surface area contributed by atoms with Crippen molar-refractivity contribution in [3.8, 4) is 0 Å². The number of nitrogens with zero attached hydrogens (tertiary/aromatic N) is 1. The molecule has 23 heavy (non-hydrogen) atoms. The molecule has 0 aliphatic carbocycles. The molecule has 0 saturated heterocycles. The SMILES string of the molecule is COC(=O)NC1=NCC(=O)OC(C)CCCCCCCC(=O)N1. The van der Waals surface area contributed by atoms with Gasteiger partial charge < -0.3 is 9.47 Å². The van der Waals surface area contributed by atoms with Gasteiger partial charge in [-0.15, -0.1) is 0 Å². The van der Waals surface area contributed by atoms with E-state index in [0.717, 1.165) is 38.5 Å². The lowest BCUT2D eigenvalue weighted by atomic mass is 10.1. The van der Waals surface area contributed by atoms with E-state index >= 15 is 0 Å². The first-order chi connectivity index (χ1) is 11.0. The van der Waals surface area contributed by atoms with Crippen molar-refractivity contribution in [1.82, 2.24) is 10.6 Å². The van der Waals surface area contributed by atoms with Gasteiger partial charge in [0.2, 0.25) is 11.9 Å². The minimum Gasteiger partial charge on any atom is -0.461 e. The summed E-state index contributed by atoms with van der Waals surface area (Å²) in [5, 5.41) is 4.75. The maximum atomic E-state index is 11.8. The van der Waals surface area contributed by atoms with Gasteiger partial charge in [-0.25, -0.2) is 9.79 Å². The van der Waals surface area contributed by atoms with Crippen molar-refractivity contribution in [1.29, 1.82) is 0 Å². The van der Waals surface area contributed by atoms with Crippen LogP contribution in [0.4, 0.5) is 4.79 Å². The minimum absolute atomic E-state index is 0.110. The molecule has 2 N–H and O–H groups in total. The van der Waals surface area contributed by atoms with Crippen molar-refractivity contribution in [3.05, 3.63) is 0 Å². The van der Waals surface area contributed by atoms with Crippen molar-refractivity contribution in [3.63, 3.8) is 0 Å². The van der Waals surface area contributed by atoms with Gasteiger partial charge in [0.1, 0.15) is 6.54 Å². The van der Waals surface area contributed by atoms with Gasteiger partial charge in [0.15, 0.2) is 0 Å². The van der Waals surface area contributed by atoms with Gasteiger partial charge in [-0.2, -0.15) is 0 Å². The van der Waals surface area contributed by atoms with Crippen molar-refractivity contribution in [2.75, 3.05) is 13.7 Å². The van der Waals surface area contributed by atoms with E-state index in [4.69, 9.17) is 4.74 Å². The third kappa shape index (κ3) is 8.80. The lowest BCUT2D eigenvalue weighted by molar-refractivity contribution is -0.146. The summed E-state index contributed by atoms with van der Waals surface area (Å²) in [6.45, 7) is 1.55. The van der Waals surface area contributed by atoms with Crippen LogP contribution in [0.1, 0.15) is 51.9 Å². The third-order valence-electron chi connectivity index (χ3n) is 3.38. The predicted molar refractivity (Wildman–Crippen MR) is 83.9 cm³/mol. The monoisotopic (exact) mass is 327 g/mol. The Kier molecular flexibility index (Phi) is 8.71. The normalized spacial score (nSPS) is 21.8. The number of methoxy groups -OCH3 is 1. The van der Waals surface area contributed by atoms with Gasteiger partial charge in [0, 0.05) is 6.42 Å². The Hall–Kier alpha value is -2.12. The number of aliphatic imine (C=N–C) groups is 1. The highest BCUT2D eigenvalue weighted by Gasteiger charge is 2.13. The fourth-order valence-electron chi connectivity index (χ4n) is 2.16. The number of amides is 2. The first-order valence-corrected chi connectivity index (χ1v) is 7.90. The number of guanidine groups is 1. The highest BCUT2D eigenvalue weighted by atomic mass is 16.5. The molecular formula is C15H25N3O5. The summed E-state index contributed by atoms with van der Waals surface area (Å²) in [4.78, 5) is 38.7. The second kappa shape index (κ2) is 10.6. The maximum Gasteiger partial charge on any atom is 0.413 e. The molecule has 0 aromatic rings. The van der Waals surface area contributed by atoms with Crippen molar-refractivity contribution in [2.24, 2.45) is 4.99 Å². The third-order valence-corrected chi connectivity index (χ3v) is 3.38. The number of esters is 1. The van der Waals surface area contributed by atoms with E-state index in [2.05, 4.69) is 20.4 Å². The number of nitrogens with one attached hydrogen (secondary N) is 2. The molecule has 1 aliphatic heterocycles. The summed E-state index contributed by atoms with van der Waals surface area (Å²) >= 11 is 0. The van der Waals surface area contributed by atoms with E-state index in [1.807, 2.05) is 6.92 Å². The second-order valence-electron chi connectivity index (χ2n) is 5.44. The molecule has 8 heteroatoms. The molecule has 0 radical (unpaired) electrons. The molecule has 0 aromatic carbocycles. The summed E-state index contributed by atoms with van der Waals surface area (Å²) in [6.07, 6.45) is 4.99. The number of carbonyl (C=O) groups is 3. The van der Waals surface area contributed by atoms with Crippen LogP contribution in [0, 0.1) is 0 Å². The maximum absolute atomic E-state index is 11.8. The van der Waals surface area contributed by atoms with E-state index in [0.29, 0.717) is 6.42 Å². The van der Waals surface area contributed by atoms with E-state index in [9.17, 15) is 14.4 Å². The number of carbonyl (C=O) groups excluding carboxylic acids is 3. The summed E-state index contributed by atoms with van der Waals surface area (Å²) in [5.41, 5.74) is 0. The molecule has 0 bridgehead atoms. The molecule has 1 aliphatic rings. The van der Waals surface area contributed by atoms with Gasteiger partial charge in [0.25, 0.3) is 0 Å². The van der Waals surface area contributed by atoms with Gasteiger partial charge >= 0.3 is 12.1 Å². The quantitative estimate of drug-likeness (QED) is 0.656. The van der Waals surface area contributed by atoms with E-state index in [1.54, 1.807) is 0 Å². The Morgan fingerprint density at radius 1 is 1.26 bits per heavy atom. The van der Waals surface area contributed by atoms with Gasteiger partial charge in [0.05, 0.1) is 13.2 Å². The molecule has 1 heterocycles. The molecule has 1 atom stereocenters. The number of hydrogen-bond donors (Lipinski definition) is 2. The number of hydrogen-bond acceptors (Lipinski definition) is 6. The highest BCUT2D eigenvalue weighted by Crippen LogP contribution is 2.10. The largest absolute Gasteiger partial charge is 0.461 e. The Labute approximate surface area is 136 Å². The Morgan fingerprint density at radius 2 is 1.96 bits per heavy atom. The van der Waals surface area contributed by atoms with E-state index in [-0.39, 0.29) is 24.5 Å². The number of alkyl carbamates (subject to hydrolysis) is 1. The molecule has 8 nitrogen and oxygen atoms in total. The van der Waals surface area contributed by atoms with Crippen LogP contribution >= 0.6 is 0 Å². The second-order valence-corrected chi connectivity index (χ2v) is 5.44. The standard InChI is InChI=1S/C15H25N3O5/c1-11-8-6-4-3-5-7-9-12(19)17-14(18-15(21)22-2)16-10-13(20)23-11/h11H,3-10H2,1-2H3,(H2,16,17,18,19,21). The van der Waals surface area contributed by atoms with Crippen LogP contribution in [-0.2, 0) is 19.1 Å². The van der Waals surface area contributed by atoms with Crippen LogP contribution in [0.2, 0.25) is 0 Å². The number of rotatable bonds is 0. The van der Waals surface area contributed by atoms with Crippen molar-refractivity contribution >= 4 is 23.9 Å². The highest BCUT2D eigenvalue weighted by molar-refractivity contribution is 6.03.